The van der Waals surface area contributed by atoms with E-state index in [1.165, 1.54) is 0 Å². The second-order valence-electron chi connectivity index (χ2n) is 2.85. The fourth-order valence-electron chi connectivity index (χ4n) is 1.12. The maximum Gasteiger partial charge on any atom is 0.338 e. The molecule has 0 aliphatic heterocycles. The van der Waals surface area contributed by atoms with Crippen molar-refractivity contribution in [3.05, 3.63) is 35.4 Å². The lowest BCUT2D eigenvalue weighted by Gasteiger charge is -2.03. The van der Waals surface area contributed by atoms with E-state index in [4.69, 9.17) is 9.47 Å². The molecule has 1 aromatic rings. The lowest BCUT2D eigenvalue weighted by molar-refractivity contribution is 0.0526. The van der Waals surface area contributed by atoms with Gasteiger partial charge in [0.25, 0.3) is 0 Å². The largest absolute Gasteiger partial charge is 0.462 e. The van der Waals surface area contributed by atoms with E-state index < -0.39 is 0 Å². The molecule has 0 unspecified atom stereocenters. The van der Waals surface area contributed by atoms with Gasteiger partial charge in [0.05, 0.1) is 18.8 Å². The van der Waals surface area contributed by atoms with E-state index in [9.17, 15) is 4.79 Å². The molecule has 3 heteroatoms. The molecular formula is C11H14O3. The number of rotatable bonds is 4. The van der Waals surface area contributed by atoms with Gasteiger partial charge in [-0.15, -0.1) is 0 Å². The molecule has 0 fully saturated rings. The molecule has 14 heavy (non-hydrogen) atoms. The molecule has 0 amide bonds. The Kier molecular flexibility index (Phi) is 4.13. The van der Waals surface area contributed by atoms with E-state index in [2.05, 4.69) is 0 Å². The summed E-state index contributed by atoms with van der Waals surface area (Å²) >= 11 is 0. The van der Waals surface area contributed by atoms with Crippen LogP contribution < -0.4 is 0 Å². The smallest absolute Gasteiger partial charge is 0.338 e. The molecule has 0 aromatic heterocycles. The van der Waals surface area contributed by atoms with Crippen LogP contribution in [0.2, 0.25) is 0 Å². The Balaban J connectivity index is 2.67. The molecule has 1 rings (SSSR count). The van der Waals surface area contributed by atoms with Crippen molar-refractivity contribution < 1.29 is 14.3 Å². The summed E-state index contributed by atoms with van der Waals surface area (Å²) in [5.41, 5.74) is 1.62. The predicted octanol–water partition coefficient (Wildman–Crippen LogP) is 2.01. The first kappa shape index (κ1) is 10.7. The lowest BCUT2D eigenvalue weighted by atomic mass is 10.1. The van der Waals surface area contributed by atoms with Gasteiger partial charge in [-0.05, 0) is 24.6 Å². The first-order chi connectivity index (χ1) is 6.77. The molecule has 1 aromatic carbocycles. The van der Waals surface area contributed by atoms with E-state index >= 15 is 0 Å². The standard InChI is InChI=1S/C11H14O3/c1-3-14-11(12)10-6-4-9(5-7-10)8-13-2/h4-7H,3,8H2,1-2H3. The van der Waals surface area contributed by atoms with Gasteiger partial charge in [0.1, 0.15) is 0 Å². The summed E-state index contributed by atoms with van der Waals surface area (Å²) in [5, 5.41) is 0. The van der Waals surface area contributed by atoms with Gasteiger partial charge in [-0.3, -0.25) is 0 Å². The lowest BCUT2D eigenvalue weighted by Crippen LogP contribution is -2.04. The van der Waals surface area contributed by atoms with Gasteiger partial charge in [0, 0.05) is 7.11 Å². The van der Waals surface area contributed by atoms with E-state index in [1.54, 1.807) is 26.2 Å². The number of hydrogen-bond acceptors (Lipinski definition) is 3. The molecule has 0 saturated carbocycles. The number of hydrogen-bond donors (Lipinski definition) is 0. The highest BCUT2D eigenvalue weighted by molar-refractivity contribution is 5.89. The Morgan fingerprint density at radius 3 is 2.43 bits per heavy atom. The fraction of sp³-hybridized carbons (Fsp3) is 0.364. The van der Waals surface area contributed by atoms with E-state index in [0.29, 0.717) is 18.8 Å². The van der Waals surface area contributed by atoms with Crippen molar-refractivity contribution in [1.29, 1.82) is 0 Å². The van der Waals surface area contributed by atoms with Crippen LogP contribution in [0, 0.1) is 0 Å². The summed E-state index contributed by atoms with van der Waals surface area (Å²) in [6.45, 7) is 2.75. The third-order valence-electron chi connectivity index (χ3n) is 1.78. The van der Waals surface area contributed by atoms with Gasteiger partial charge in [-0.25, -0.2) is 4.79 Å². The molecule has 0 spiro atoms. The molecule has 0 aliphatic rings. The number of esters is 1. The summed E-state index contributed by atoms with van der Waals surface area (Å²) in [5.74, 6) is -0.281. The second kappa shape index (κ2) is 5.40. The molecular weight excluding hydrogens is 180 g/mol. The zero-order valence-corrected chi connectivity index (χ0v) is 8.45. The molecule has 0 heterocycles. The Labute approximate surface area is 83.6 Å². The SMILES string of the molecule is CCOC(=O)c1ccc(COC)cc1. The van der Waals surface area contributed by atoms with Crippen molar-refractivity contribution in [2.24, 2.45) is 0 Å². The van der Waals surface area contributed by atoms with Crippen LogP contribution in [0.25, 0.3) is 0 Å². The third kappa shape index (κ3) is 2.85. The van der Waals surface area contributed by atoms with Crippen LogP contribution in [0.3, 0.4) is 0 Å². The normalized spacial score (nSPS) is 9.86. The van der Waals surface area contributed by atoms with Crippen molar-refractivity contribution in [1.82, 2.24) is 0 Å². The van der Waals surface area contributed by atoms with Gasteiger partial charge in [-0.2, -0.15) is 0 Å². The summed E-state index contributed by atoms with van der Waals surface area (Å²) < 4.78 is 9.82. The van der Waals surface area contributed by atoms with Crippen molar-refractivity contribution in [2.45, 2.75) is 13.5 Å². The summed E-state index contributed by atoms with van der Waals surface area (Å²) in [6, 6.07) is 7.20. The van der Waals surface area contributed by atoms with Crippen LogP contribution in [0.5, 0.6) is 0 Å². The molecule has 0 aliphatic carbocycles. The van der Waals surface area contributed by atoms with E-state index in [-0.39, 0.29) is 5.97 Å². The number of carbonyl (C=O) groups excluding carboxylic acids is 1. The van der Waals surface area contributed by atoms with Crippen molar-refractivity contribution >= 4 is 5.97 Å². The first-order valence-corrected chi connectivity index (χ1v) is 4.53. The van der Waals surface area contributed by atoms with Gasteiger partial charge in [0.15, 0.2) is 0 Å². The molecule has 0 atom stereocenters. The second-order valence-corrected chi connectivity index (χ2v) is 2.85. The zero-order chi connectivity index (χ0) is 10.4. The van der Waals surface area contributed by atoms with Crippen LogP contribution in [-0.2, 0) is 16.1 Å². The van der Waals surface area contributed by atoms with Gasteiger partial charge < -0.3 is 9.47 Å². The molecule has 0 radical (unpaired) electrons. The van der Waals surface area contributed by atoms with Crippen LogP contribution in [-0.4, -0.2) is 19.7 Å². The third-order valence-corrected chi connectivity index (χ3v) is 1.78. The highest BCUT2D eigenvalue weighted by Gasteiger charge is 2.04. The van der Waals surface area contributed by atoms with Crippen LogP contribution in [0.4, 0.5) is 0 Å². The fourth-order valence-corrected chi connectivity index (χ4v) is 1.12. The highest BCUT2D eigenvalue weighted by Crippen LogP contribution is 2.06. The van der Waals surface area contributed by atoms with Crippen molar-refractivity contribution in [2.75, 3.05) is 13.7 Å². The minimum absolute atomic E-state index is 0.281. The number of benzene rings is 1. The monoisotopic (exact) mass is 194 g/mol. The highest BCUT2D eigenvalue weighted by atomic mass is 16.5. The van der Waals surface area contributed by atoms with Gasteiger partial charge >= 0.3 is 5.97 Å². The average Bonchev–Trinajstić information content (AvgIpc) is 2.20. The van der Waals surface area contributed by atoms with Gasteiger partial charge in [-0.1, -0.05) is 12.1 Å². The maximum absolute atomic E-state index is 11.3. The molecule has 0 saturated heterocycles. The molecule has 0 bridgehead atoms. The summed E-state index contributed by atoms with van der Waals surface area (Å²) in [4.78, 5) is 11.3. The number of ether oxygens (including phenoxy) is 2. The zero-order valence-electron chi connectivity index (χ0n) is 8.45. The molecule has 3 nitrogen and oxygen atoms in total. The van der Waals surface area contributed by atoms with Gasteiger partial charge in [0.2, 0.25) is 0 Å². The minimum Gasteiger partial charge on any atom is -0.462 e. The van der Waals surface area contributed by atoms with Crippen LogP contribution >= 0.6 is 0 Å². The molecule has 76 valence electrons. The van der Waals surface area contributed by atoms with Crippen LogP contribution in [0.1, 0.15) is 22.8 Å². The minimum atomic E-state index is -0.281. The maximum atomic E-state index is 11.3. The van der Waals surface area contributed by atoms with E-state index in [1.807, 2.05) is 12.1 Å². The summed E-state index contributed by atoms with van der Waals surface area (Å²) in [7, 11) is 1.64. The first-order valence-electron chi connectivity index (χ1n) is 4.53. The van der Waals surface area contributed by atoms with Crippen molar-refractivity contribution in [3.8, 4) is 0 Å². The number of carbonyl (C=O) groups is 1. The van der Waals surface area contributed by atoms with Crippen molar-refractivity contribution in [3.63, 3.8) is 0 Å². The quantitative estimate of drug-likeness (QED) is 0.688. The Bertz CT molecular complexity index is 290. The number of methoxy groups -OCH3 is 1. The predicted molar refractivity (Wildman–Crippen MR) is 53.1 cm³/mol. The summed E-state index contributed by atoms with van der Waals surface area (Å²) in [6.07, 6.45) is 0. The Morgan fingerprint density at radius 2 is 1.93 bits per heavy atom. The van der Waals surface area contributed by atoms with Crippen LogP contribution in [0.15, 0.2) is 24.3 Å². The average molecular weight is 194 g/mol. The Hall–Kier alpha value is -1.35. The molecule has 0 N–H and O–H groups in total. The topological polar surface area (TPSA) is 35.5 Å². The van der Waals surface area contributed by atoms with E-state index in [0.717, 1.165) is 5.56 Å². The Morgan fingerprint density at radius 1 is 1.29 bits per heavy atom.